The van der Waals surface area contributed by atoms with Crippen molar-refractivity contribution in [3.63, 3.8) is 0 Å². The number of amides is 1. The largest absolute Gasteiger partial charge is 0.460 e. The highest BCUT2D eigenvalue weighted by Gasteiger charge is 2.44. The zero-order chi connectivity index (χ0) is 25.4. The van der Waals surface area contributed by atoms with Gasteiger partial charge in [-0.05, 0) is 23.7 Å². The second kappa shape index (κ2) is 12.4. The smallest absolute Gasteiger partial charge is 0.336 e. The summed E-state index contributed by atoms with van der Waals surface area (Å²) < 4.78 is 14.5. The van der Waals surface area contributed by atoms with Crippen LogP contribution in [-0.4, -0.2) is 55.3 Å². The second-order valence-electron chi connectivity index (χ2n) is 8.91. The molecule has 0 saturated carbocycles. The normalized spacial score (nSPS) is 14.2. The van der Waals surface area contributed by atoms with E-state index < -0.39 is 55.3 Å². The van der Waals surface area contributed by atoms with Gasteiger partial charge in [-0.2, -0.15) is 0 Å². The van der Waals surface area contributed by atoms with E-state index in [-0.39, 0.29) is 11.6 Å². The van der Waals surface area contributed by atoms with E-state index in [0.717, 1.165) is 5.56 Å². The Kier molecular flexibility index (Phi) is 11.1. The topological polar surface area (TPSA) is 117 Å². The Balaban J connectivity index is 2.88. The third kappa shape index (κ3) is 10.6. The highest BCUT2D eigenvalue weighted by Crippen LogP contribution is 2.37. The minimum Gasteiger partial charge on any atom is -0.460 e. The molecule has 1 amide bonds. The monoisotopic (exact) mass is 540 g/mol. The highest BCUT2D eigenvalue weighted by atomic mass is 35.6. The van der Waals surface area contributed by atoms with Gasteiger partial charge in [-0.15, -0.1) is 0 Å². The highest BCUT2D eigenvalue weighted by molar-refractivity contribution is 6.74. The molecule has 0 aliphatic carbocycles. The summed E-state index contributed by atoms with van der Waals surface area (Å²) in [7, 11) is -2.52. The number of alkyl halides is 3. The molecule has 186 valence electrons. The zero-order valence-corrected chi connectivity index (χ0v) is 22.6. The van der Waals surface area contributed by atoms with E-state index >= 15 is 0 Å². The molecule has 0 heterocycles. The van der Waals surface area contributed by atoms with E-state index in [0.29, 0.717) is 0 Å². The molecule has 8 nitrogen and oxygen atoms in total. The van der Waals surface area contributed by atoms with Crippen LogP contribution < -0.4 is 11.1 Å². The minimum absolute atomic E-state index is 0.00523. The molecule has 0 unspecified atom stereocenters. The Morgan fingerprint density at radius 3 is 2.15 bits per heavy atom. The lowest BCUT2D eigenvalue weighted by Crippen LogP contribution is -2.58. The summed E-state index contributed by atoms with van der Waals surface area (Å²) in [5.41, 5.74) is 6.85. The SMILES string of the molecule is CC(C)(C)[Si](C)(C)O[C@H](C(=O)OCc1ccccc1)[C@H](N)C(=O)NCC(=O)OCC(Cl)(Cl)Cl. The predicted molar refractivity (Wildman–Crippen MR) is 131 cm³/mol. The summed E-state index contributed by atoms with van der Waals surface area (Å²) in [5.74, 6) is -2.40. The first-order valence-electron chi connectivity index (χ1n) is 10.2. The number of ether oxygens (including phenoxy) is 2. The first-order valence-corrected chi connectivity index (χ1v) is 14.2. The fraction of sp³-hybridized carbons (Fsp3) is 0.571. The molecule has 2 atom stereocenters. The van der Waals surface area contributed by atoms with Gasteiger partial charge >= 0.3 is 11.9 Å². The maximum atomic E-state index is 12.9. The summed E-state index contributed by atoms with van der Waals surface area (Å²) in [4.78, 5) is 37.3. The van der Waals surface area contributed by atoms with Crippen molar-refractivity contribution in [2.75, 3.05) is 13.2 Å². The lowest BCUT2D eigenvalue weighted by Gasteiger charge is -2.39. The molecule has 0 bridgehead atoms. The van der Waals surface area contributed by atoms with Crippen molar-refractivity contribution in [2.45, 2.75) is 61.4 Å². The molecule has 0 spiro atoms. The van der Waals surface area contributed by atoms with Crippen LogP contribution in [-0.2, 0) is 34.9 Å². The second-order valence-corrected chi connectivity index (χ2v) is 16.2. The maximum Gasteiger partial charge on any atom is 0.336 e. The average molecular weight is 542 g/mol. The van der Waals surface area contributed by atoms with E-state index in [2.05, 4.69) is 5.32 Å². The first kappa shape index (κ1) is 29.7. The number of halogens is 3. The van der Waals surface area contributed by atoms with Crippen molar-refractivity contribution >= 4 is 61.0 Å². The van der Waals surface area contributed by atoms with Gasteiger partial charge in [-0.3, -0.25) is 9.59 Å². The van der Waals surface area contributed by atoms with Crippen LogP contribution >= 0.6 is 34.8 Å². The van der Waals surface area contributed by atoms with Crippen molar-refractivity contribution in [3.8, 4) is 0 Å². The molecule has 1 rings (SSSR count). The molecule has 0 radical (unpaired) electrons. The molecule has 12 heteroatoms. The summed E-state index contributed by atoms with van der Waals surface area (Å²) in [6.07, 6.45) is -1.37. The number of carbonyl (C=O) groups is 3. The van der Waals surface area contributed by atoms with Gasteiger partial charge in [0.25, 0.3) is 0 Å². The lowest BCUT2D eigenvalue weighted by molar-refractivity contribution is -0.157. The number of nitrogens with one attached hydrogen (secondary N) is 1. The van der Waals surface area contributed by atoms with Crippen molar-refractivity contribution in [1.82, 2.24) is 5.32 Å². The van der Waals surface area contributed by atoms with Crippen molar-refractivity contribution in [3.05, 3.63) is 35.9 Å². The number of esters is 2. The number of hydrogen-bond acceptors (Lipinski definition) is 7. The Morgan fingerprint density at radius 2 is 1.64 bits per heavy atom. The van der Waals surface area contributed by atoms with E-state index in [4.69, 9.17) is 54.4 Å². The molecule has 0 aliphatic heterocycles. The standard InChI is InChI=1S/C21H31Cl3N2O6Si/c1-20(2,3)33(4,5)32-17(19(29)30-12-14-9-7-6-8-10-14)16(25)18(28)26-11-15(27)31-13-21(22,23)24/h6-10,16-17H,11-13,25H2,1-5H3,(H,26,28)/t16-,17-/m0/s1. The predicted octanol–water partition coefficient (Wildman–Crippen LogP) is 3.48. The van der Waals surface area contributed by atoms with Crippen LogP contribution in [0.4, 0.5) is 0 Å². The molecule has 1 aromatic rings. The maximum absolute atomic E-state index is 12.9. The quantitative estimate of drug-likeness (QED) is 0.264. The lowest BCUT2D eigenvalue weighted by atomic mass is 10.1. The summed E-state index contributed by atoms with van der Waals surface area (Å²) in [5, 5.41) is 2.05. The number of nitrogens with two attached hydrogens (primary N) is 1. The van der Waals surface area contributed by atoms with E-state index in [1.165, 1.54) is 0 Å². The van der Waals surface area contributed by atoms with Gasteiger partial charge in [-0.25, -0.2) is 4.79 Å². The summed E-state index contributed by atoms with van der Waals surface area (Å²) >= 11 is 16.6. The third-order valence-electron chi connectivity index (χ3n) is 5.12. The van der Waals surface area contributed by atoms with Crippen molar-refractivity contribution in [2.24, 2.45) is 5.73 Å². The van der Waals surface area contributed by atoms with Gasteiger partial charge in [-0.1, -0.05) is 85.9 Å². The third-order valence-corrected chi connectivity index (χ3v) is 9.90. The van der Waals surface area contributed by atoms with Crippen LogP contribution in [0.5, 0.6) is 0 Å². The molecule has 33 heavy (non-hydrogen) atoms. The number of benzene rings is 1. The molecule has 0 aliphatic rings. The van der Waals surface area contributed by atoms with E-state index in [1.54, 1.807) is 12.1 Å². The van der Waals surface area contributed by atoms with Crippen LogP contribution in [0.25, 0.3) is 0 Å². The van der Waals surface area contributed by atoms with Crippen LogP contribution in [0.1, 0.15) is 26.3 Å². The first-order chi connectivity index (χ1) is 15.0. The summed E-state index contributed by atoms with van der Waals surface area (Å²) in [6, 6.07) is 7.64. The Bertz CT molecular complexity index is 812. The summed E-state index contributed by atoms with van der Waals surface area (Å²) in [6.45, 7) is 8.77. The molecular formula is C21H31Cl3N2O6Si. The number of rotatable bonds is 10. The Morgan fingerprint density at radius 1 is 1.06 bits per heavy atom. The van der Waals surface area contributed by atoms with Gasteiger partial charge in [0.1, 0.15) is 25.8 Å². The molecule has 0 aromatic heterocycles. The Labute approximate surface area is 210 Å². The fourth-order valence-electron chi connectivity index (χ4n) is 2.20. The van der Waals surface area contributed by atoms with Crippen LogP contribution in [0.3, 0.4) is 0 Å². The molecule has 1 aromatic carbocycles. The van der Waals surface area contributed by atoms with Gasteiger partial charge in [0.05, 0.1) is 0 Å². The van der Waals surface area contributed by atoms with Crippen molar-refractivity contribution < 1.29 is 28.3 Å². The van der Waals surface area contributed by atoms with Gasteiger partial charge in [0.15, 0.2) is 14.4 Å². The van der Waals surface area contributed by atoms with Gasteiger partial charge in [0.2, 0.25) is 9.70 Å². The van der Waals surface area contributed by atoms with Gasteiger partial charge < -0.3 is 25.0 Å². The average Bonchev–Trinajstić information content (AvgIpc) is 2.71. The van der Waals surface area contributed by atoms with E-state index in [1.807, 2.05) is 52.1 Å². The van der Waals surface area contributed by atoms with Gasteiger partial charge in [0, 0.05) is 0 Å². The number of carbonyl (C=O) groups excluding carboxylic acids is 3. The molecule has 0 fully saturated rings. The van der Waals surface area contributed by atoms with Crippen LogP contribution in [0, 0.1) is 0 Å². The fourth-order valence-corrected chi connectivity index (χ4v) is 3.60. The molecule has 0 saturated heterocycles. The van der Waals surface area contributed by atoms with Crippen molar-refractivity contribution in [1.29, 1.82) is 0 Å². The van der Waals surface area contributed by atoms with Crippen LogP contribution in [0.2, 0.25) is 18.1 Å². The zero-order valence-electron chi connectivity index (χ0n) is 19.3. The molecule has 3 N–H and O–H groups in total. The number of hydrogen-bond donors (Lipinski definition) is 2. The Hall–Kier alpha value is -1.36. The molecular weight excluding hydrogens is 511 g/mol. The van der Waals surface area contributed by atoms with Crippen LogP contribution in [0.15, 0.2) is 30.3 Å². The van der Waals surface area contributed by atoms with E-state index in [9.17, 15) is 14.4 Å². The minimum atomic E-state index is -2.52.